The van der Waals surface area contributed by atoms with Gasteiger partial charge in [-0.3, -0.25) is 14.6 Å². The molecule has 0 spiro atoms. The molecule has 4 aromatic rings. The van der Waals surface area contributed by atoms with Crippen molar-refractivity contribution in [2.75, 3.05) is 5.73 Å². The number of H-pyrrole nitrogens is 1. The molecule has 0 bridgehead atoms. The Morgan fingerprint density at radius 3 is 2.24 bits per heavy atom. The summed E-state index contributed by atoms with van der Waals surface area (Å²) in [5, 5.41) is 6.04. The van der Waals surface area contributed by atoms with Crippen LogP contribution in [-0.4, -0.2) is 24.7 Å². The van der Waals surface area contributed by atoms with Crippen molar-refractivity contribution in [3.05, 3.63) is 81.0 Å². The Kier molecular flexibility index (Phi) is 8.53. The molecule has 0 unspecified atom stereocenters. The van der Waals surface area contributed by atoms with Crippen LogP contribution in [0.25, 0.3) is 22.0 Å². The van der Waals surface area contributed by atoms with Crippen molar-refractivity contribution >= 4 is 16.5 Å². The van der Waals surface area contributed by atoms with Gasteiger partial charge in [0.05, 0.1) is 30.0 Å². The number of alkyl halides is 6. The molecule has 0 aliphatic heterocycles. The minimum absolute atomic E-state index is 0.0661. The maximum Gasteiger partial charge on any atom is 0.434 e. The van der Waals surface area contributed by atoms with Crippen LogP contribution in [0.4, 0.5) is 32.0 Å². The minimum Gasteiger partial charge on any atom is -0.397 e. The predicted octanol–water partition coefficient (Wildman–Crippen LogP) is 5.04. The van der Waals surface area contributed by atoms with Gasteiger partial charge in [0.25, 0.3) is 11.1 Å². The van der Waals surface area contributed by atoms with Crippen molar-refractivity contribution in [1.82, 2.24) is 24.7 Å². The maximum atomic E-state index is 12.6. The van der Waals surface area contributed by atoms with Crippen LogP contribution in [0.2, 0.25) is 0 Å². The monoisotopic (exact) mass is 540 g/mol. The number of aromatic nitrogens is 5. The lowest BCUT2D eigenvalue weighted by Crippen LogP contribution is -2.24. The molecule has 4 rings (SSSR count). The average Bonchev–Trinajstić information content (AvgIpc) is 2.84. The molecular weight excluding hydrogens is 518 g/mol. The number of nitrogens with one attached hydrogen (secondary N) is 1. The van der Waals surface area contributed by atoms with E-state index < -0.39 is 34.9 Å². The lowest BCUT2D eigenvalue weighted by molar-refractivity contribution is -0.141. The second kappa shape index (κ2) is 11.4. The zero-order chi connectivity index (χ0) is 28.1. The number of nitrogens with zero attached hydrogens (tertiary/aromatic N) is 4. The second-order valence-corrected chi connectivity index (χ2v) is 8.14. The van der Waals surface area contributed by atoms with Gasteiger partial charge in [0, 0.05) is 23.7 Å². The van der Waals surface area contributed by atoms with Gasteiger partial charge in [-0.25, -0.2) is 10.1 Å². The number of nitrogen functional groups attached to an aromatic ring is 1. The van der Waals surface area contributed by atoms with Gasteiger partial charge in [0.1, 0.15) is 5.56 Å². The number of hydrogen-bond donors (Lipinski definition) is 2. The first-order valence-corrected chi connectivity index (χ1v) is 11.3. The van der Waals surface area contributed by atoms with E-state index >= 15 is 0 Å². The quantitative estimate of drug-likeness (QED) is 0.271. The maximum absolute atomic E-state index is 12.6. The van der Waals surface area contributed by atoms with E-state index in [1.54, 1.807) is 34.1 Å². The van der Waals surface area contributed by atoms with Crippen LogP contribution in [0.1, 0.15) is 37.4 Å². The smallest absolute Gasteiger partial charge is 0.397 e. The summed E-state index contributed by atoms with van der Waals surface area (Å²) in [4.78, 5) is 30.4. The Morgan fingerprint density at radius 2 is 1.68 bits per heavy atom. The van der Waals surface area contributed by atoms with Gasteiger partial charge in [-0.05, 0) is 30.0 Å². The molecule has 8 nitrogen and oxygen atoms in total. The fraction of sp³-hybridized carbons (Fsp3) is 0.292. The number of rotatable bonds is 5. The highest BCUT2D eigenvalue weighted by atomic mass is 19.4. The van der Waals surface area contributed by atoms with E-state index in [4.69, 9.17) is 5.73 Å². The summed E-state index contributed by atoms with van der Waals surface area (Å²) in [6.45, 7) is 2.78. The summed E-state index contributed by atoms with van der Waals surface area (Å²) >= 11 is 0. The molecule has 202 valence electrons. The molecule has 0 saturated heterocycles. The number of aromatic amines is 1. The number of unbranched alkanes of at least 4 members (excludes halogenated alkanes) is 2. The molecular formula is C24H22F6N6O2. The molecule has 0 radical (unpaired) electrons. The third-order valence-corrected chi connectivity index (χ3v) is 5.39. The molecule has 0 atom stereocenters. The Labute approximate surface area is 211 Å². The summed E-state index contributed by atoms with van der Waals surface area (Å²) < 4.78 is 75.4. The van der Waals surface area contributed by atoms with E-state index in [1.807, 2.05) is 6.07 Å². The van der Waals surface area contributed by atoms with Crippen LogP contribution in [0.3, 0.4) is 0 Å². The van der Waals surface area contributed by atoms with E-state index in [-0.39, 0.29) is 5.56 Å². The van der Waals surface area contributed by atoms with Gasteiger partial charge >= 0.3 is 12.4 Å². The van der Waals surface area contributed by atoms with Crippen molar-refractivity contribution in [2.45, 2.75) is 45.1 Å². The van der Waals surface area contributed by atoms with Crippen molar-refractivity contribution < 1.29 is 26.3 Å². The Hall–Kier alpha value is -4.23. The van der Waals surface area contributed by atoms with Crippen molar-refractivity contribution in [1.29, 1.82) is 0 Å². The molecule has 14 heteroatoms. The summed E-state index contributed by atoms with van der Waals surface area (Å²) in [5.74, 6) is 0. The normalized spacial score (nSPS) is 11.8. The highest BCUT2D eigenvalue weighted by Gasteiger charge is 2.36. The number of nitrogens with two attached hydrogens (primary N) is 1. The average molecular weight is 540 g/mol. The SMILES string of the molecule is CCCCCn1ccc2cc(-c3cnc(C(F)(F)F)cn3)ccc2c1=O.Nc1cn[nH]c(=O)c1C(F)(F)F. The number of benzene rings is 1. The molecule has 0 saturated carbocycles. The topological polar surface area (TPSA) is 120 Å². The second-order valence-electron chi connectivity index (χ2n) is 8.14. The zero-order valence-corrected chi connectivity index (χ0v) is 19.9. The van der Waals surface area contributed by atoms with Gasteiger partial charge in [-0.2, -0.15) is 31.4 Å². The lowest BCUT2D eigenvalue weighted by atomic mass is 10.1. The van der Waals surface area contributed by atoms with Gasteiger partial charge in [-0.15, -0.1) is 0 Å². The molecule has 0 aliphatic carbocycles. The number of hydrogen-bond acceptors (Lipinski definition) is 6. The van der Waals surface area contributed by atoms with E-state index in [9.17, 15) is 35.9 Å². The Morgan fingerprint density at radius 1 is 0.947 bits per heavy atom. The first-order chi connectivity index (χ1) is 17.8. The Balaban J connectivity index is 0.000000279. The van der Waals surface area contributed by atoms with E-state index in [0.717, 1.165) is 37.0 Å². The zero-order valence-electron chi connectivity index (χ0n) is 19.9. The van der Waals surface area contributed by atoms with E-state index in [1.165, 1.54) is 0 Å². The van der Waals surface area contributed by atoms with Crippen LogP contribution in [0, 0.1) is 0 Å². The van der Waals surface area contributed by atoms with Gasteiger partial charge in [-0.1, -0.05) is 25.8 Å². The third kappa shape index (κ3) is 6.75. The Bertz CT molecular complexity index is 1510. The molecule has 38 heavy (non-hydrogen) atoms. The summed E-state index contributed by atoms with van der Waals surface area (Å²) in [5.41, 5.74) is 1.34. The van der Waals surface area contributed by atoms with E-state index in [0.29, 0.717) is 29.4 Å². The summed E-state index contributed by atoms with van der Waals surface area (Å²) in [6.07, 6.45) is -1.86. The molecule has 0 amide bonds. The van der Waals surface area contributed by atoms with Gasteiger partial charge < -0.3 is 10.3 Å². The standard InChI is InChI=1S/C19H18F3N3O.C5H4F3N3O/c1-2-3-4-8-25-9-7-13-10-14(5-6-15(13)18(25)26)16-11-24-17(12-23-16)19(20,21)22;6-5(7,8)3-2(9)1-10-11-4(3)12/h5-7,9-12H,2-4,8H2,1H3;1H,(H3,9,11,12). The van der Waals surface area contributed by atoms with Crippen LogP contribution >= 0.6 is 0 Å². The summed E-state index contributed by atoms with van der Waals surface area (Å²) in [6, 6.07) is 6.94. The highest BCUT2D eigenvalue weighted by molar-refractivity contribution is 5.85. The first kappa shape index (κ1) is 28.3. The van der Waals surface area contributed by atoms with E-state index in [2.05, 4.69) is 22.0 Å². The van der Waals surface area contributed by atoms with Gasteiger partial charge in [0.2, 0.25) is 0 Å². The molecule has 3 heterocycles. The molecule has 3 aromatic heterocycles. The number of halogens is 6. The van der Waals surface area contributed by atoms with Crippen molar-refractivity contribution in [3.8, 4) is 11.3 Å². The van der Waals surface area contributed by atoms with Crippen LogP contribution < -0.4 is 16.9 Å². The summed E-state index contributed by atoms with van der Waals surface area (Å²) in [7, 11) is 0. The van der Waals surface area contributed by atoms with Crippen LogP contribution in [-0.2, 0) is 18.9 Å². The molecule has 3 N–H and O–H groups in total. The highest BCUT2D eigenvalue weighted by Crippen LogP contribution is 2.30. The first-order valence-electron chi connectivity index (χ1n) is 11.3. The lowest BCUT2D eigenvalue weighted by Gasteiger charge is -2.09. The van der Waals surface area contributed by atoms with Crippen LogP contribution in [0.5, 0.6) is 0 Å². The molecule has 0 aliphatic rings. The minimum atomic E-state index is -4.74. The van der Waals surface area contributed by atoms with Crippen molar-refractivity contribution in [2.24, 2.45) is 0 Å². The predicted molar refractivity (Wildman–Crippen MR) is 128 cm³/mol. The fourth-order valence-electron chi connectivity index (χ4n) is 3.48. The molecule has 1 aromatic carbocycles. The van der Waals surface area contributed by atoms with Crippen LogP contribution in [0.15, 0.2) is 58.6 Å². The number of anilines is 1. The number of pyridine rings is 1. The van der Waals surface area contributed by atoms with Crippen molar-refractivity contribution in [3.63, 3.8) is 0 Å². The third-order valence-electron chi connectivity index (χ3n) is 5.39. The number of aryl methyl sites for hydroxylation is 1. The molecule has 0 fully saturated rings. The fourth-order valence-corrected chi connectivity index (χ4v) is 3.48. The largest absolute Gasteiger partial charge is 0.434 e. The van der Waals surface area contributed by atoms with Gasteiger partial charge in [0.15, 0.2) is 5.69 Å². The number of fused-ring (bicyclic) bond motifs is 1.